The molecule has 2 heterocycles. The van der Waals surface area contributed by atoms with Crippen LogP contribution in [0.25, 0.3) is 0 Å². The van der Waals surface area contributed by atoms with Crippen molar-refractivity contribution in [2.24, 2.45) is 0 Å². The summed E-state index contributed by atoms with van der Waals surface area (Å²) in [5.41, 5.74) is 0. The molecule has 6 heteroatoms. The Kier molecular flexibility index (Phi) is 2.99. The molecule has 17 heavy (non-hydrogen) atoms. The lowest BCUT2D eigenvalue weighted by atomic mass is 10.0. The van der Waals surface area contributed by atoms with E-state index in [0.29, 0.717) is 0 Å². The van der Waals surface area contributed by atoms with Gasteiger partial charge in [-0.05, 0) is 24.3 Å². The maximum Gasteiger partial charge on any atom is 0.313 e. The molecule has 0 saturated carbocycles. The minimum atomic E-state index is -3.81. The molecular formula is C11H10F2O4. The van der Waals surface area contributed by atoms with Gasteiger partial charge in [0.2, 0.25) is 0 Å². The second-order valence-corrected chi connectivity index (χ2v) is 3.51. The third-order valence-electron chi connectivity index (χ3n) is 2.35. The van der Waals surface area contributed by atoms with Crippen molar-refractivity contribution in [3.8, 4) is 0 Å². The lowest BCUT2D eigenvalue weighted by molar-refractivity contribution is -0.191. The van der Waals surface area contributed by atoms with Gasteiger partial charge in [-0.15, -0.1) is 0 Å². The molecule has 0 saturated heterocycles. The van der Waals surface area contributed by atoms with Crippen molar-refractivity contribution in [1.29, 1.82) is 0 Å². The fraction of sp³-hybridized carbons (Fsp3) is 0.273. The van der Waals surface area contributed by atoms with E-state index in [1.807, 2.05) is 0 Å². The number of rotatable bonds is 4. The molecule has 2 unspecified atom stereocenters. The molecule has 0 aliphatic carbocycles. The van der Waals surface area contributed by atoms with E-state index in [1.165, 1.54) is 24.3 Å². The number of aliphatic hydroxyl groups is 2. The van der Waals surface area contributed by atoms with E-state index >= 15 is 0 Å². The fourth-order valence-corrected chi connectivity index (χ4v) is 1.42. The molecule has 0 spiro atoms. The summed E-state index contributed by atoms with van der Waals surface area (Å²) in [6, 6.07) is 5.14. The first-order valence-corrected chi connectivity index (χ1v) is 4.84. The predicted octanol–water partition coefficient (Wildman–Crippen LogP) is 2.27. The SMILES string of the molecule is OC(c1ccco1)C(F)(F)C(O)c1ccco1. The summed E-state index contributed by atoms with van der Waals surface area (Å²) < 4.78 is 36.8. The molecule has 92 valence electrons. The van der Waals surface area contributed by atoms with Crippen molar-refractivity contribution >= 4 is 0 Å². The highest BCUT2D eigenvalue weighted by Gasteiger charge is 2.50. The smallest absolute Gasteiger partial charge is 0.313 e. The van der Waals surface area contributed by atoms with E-state index in [2.05, 4.69) is 8.83 Å². The van der Waals surface area contributed by atoms with Crippen LogP contribution in [-0.2, 0) is 0 Å². The lowest BCUT2D eigenvalue weighted by Crippen LogP contribution is -2.33. The van der Waals surface area contributed by atoms with E-state index in [9.17, 15) is 19.0 Å². The second kappa shape index (κ2) is 4.31. The third kappa shape index (κ3) is 2.09. The van der Waals surface area contributed by atoms with Gasteiger partial charge in [0, 0.05) is 0 Å². The van der Waals surface area contributed by atoms with Gasteiger partial charge in [0.25, 0.3) is 0 Å². The first-order valence-electron chi connectivity index (χ1n) is 4.84. The summed E-state index contributed by atoms with van der Waals surface area (Å²) in [5.74, 6) is -4.45. The maximum absolute atomic E-state index is 13.7. The molecule has 2 aromatic heterocycles. The molecule has 2 rings (SSSR count). The maximum atomic E-state index is 13.7. The van der Waals surface area contributed by atoms with Crippen molar-refractivity contribution in [2.45, 2.75) is 18.1 Å². The number of furan rings is 2. The molecule has 0 aromatic carbocycles. The molecule has 2 aromatic rings. The number of alkyl halides is 2. The normalized spacial score (nSPS) is 15.8. The first-order chi connectivity index (χ1) is 8.03. The summed E-state index contributed by atoms with van der Waals surface area (Å²) in [6.45, 7) is 0. The molecule has 0 aliphatic heterocycles. The van der Waals surface area contributed by atoms with E-state index in [0.717, 1.165) is 12.5 Å². The summed E-state index contributed by atoms with van der Waals surface area (Å²) in [5, 5.41) is 18.9. The molecule has 0 amide bonds. The Bertz CT molecular complexity index is 408. The minimum Gasteiger partial charge on any atom is -0.466 e. The summed E-state index contributed by atoms with van der Waals surface area (Å²) >= 11 is 0. The van der Waals surface area contributed by atoms with Crippen LogP contribution in [0.15, 0.2) is 45.6 Å². The Morgan fingerprint density at radius 2 is 1.35 bits per heavy atom. The monoisotopic (exact) mass is 244 g/mol. The predicted molar refractivity (Wildman–Crippen MR) is 52.3 cm³/mol. The van der Waals surface area contributed by atoms with Crippen LogP contribution >= 0.6 is 0 Å². The lowest BCUT2D eigenvalue weighted by Gasteiger charge is -2.24. The first kappa shape index (κ1) is 11.8. The van der Waals surface area contributed by atoms with Crippen molar-refractivity contribution in [3.05, 3.63) is 48.3 Å². The van der Waals surface area contributed by atoms with E-state index in [-0.39, 0.29) is 11.5 Å². The van der Waals surface area contributed by atoms with Crippen molar-refractivity contribution < 1.29 is 27.8 Å². The Morgan fingerprint density at radius 3 is 1.65 bits per heavy atom. The zero-order valence-electron chi connectivity index (χ0n) is 8.59. The van der Waals surface area contributed by atoms with Gasteiger partial charge in [0.05, 0.1) is 12.5 Å². The zero-order valence-corrected chi connectivity index (χ0v) is 8.59. The topological polar surface area (TPSA) is 66.7 Å². The van der Waals surface area contributed by atoms with Gasteiger partial charge in [-0.2, -0.15) is 8.78 Å². The van der Waals surface area contributed by atoms with Gasteiger partial charge < -0.3 is 19.0 Å². The van der Waals surface area contributed by atoms with Gasteiger partial charge in [-0.25, -0.2) is 0 Å². The number of hydrogen-bond donors (Lipinski definition) is 2. The van der Waals surface area contributed by atoms with E-state index in [1.54, 1.807) is 0 Å². The van der Waals surface area contributed by atoms with Gasteiger partial charge >= 0.3 is 5.92 Å². The highest BCUT2D eigenvalue weighted by atomic mass is 19.3. The van der Waals surface area contributed by atoms with Gasteiger partial charge in [-0.1, -0.05) is 0 Å². The van der Waals surface area contributed by atoms with Crippen LogP contribution in [0.5, 0.6) is 0 Å². The Balaban J connectivity index is 2.23. The zero-order chi connectivity index (χ0) is 12.5. The molecule has 0 aliphatic rings. The van der Waals surface area contributed by atoms with Gasteiger partial charge in [0.15, 0.2) is 12.2 Å². The van der Waals surface area contributed by atoms with Crippen LogP contribution in [0.1, 0.15) is 23.7 Å². The number of halogens is 2. The Morgan fingerprint density at radius 1 is 0.941 bits per heavy atom. The Labute approximate surface area is 95.1 Å². The molecular weight excluding hydrogens is 234 g/mol. The molecule has 4 nitrogen and oxygen atoms in total. The largest absolute Gasteiger partial charge is 0.466 e. The van der Waals surface area contributed by atoms with Gasteiger partial charge in [0.1, 0.15) is 11.5 Å². The van der Waals surface area contributed by atoms with Crippen LogP contribution < -0.4 is 0 Å². The standard InChI is InChI=1S/C11H10F2O4/c12-11(13,9(14)7-3-1-5-16-7)10(15)8-4-2-6-17-8/h1-6,9-10,14-15H. The van der Waals surface area contributed by atoms with Crippen LogP contribution in [0.4, 0.5) is 8.78 Å². The van der Waals surface area contributed by atoms with Gasteiger partial charge in [-0.3, -0.25) is 0 Å². The fourth-order valence-electron chi connectivity index (χ4n) is 1.42. The number of hydrogen-bond acceptors (Lipinski definition) is 4. The Hall–Kier alpha value is -1.66. The molecule has 0 fully saturated rings. The second-order valence-electron chi connectivity index (χ2n) is 3.51. The minimum absolute atomic E-state index is 0.319. The molecule has 0 bridgehead atoms. The quantitative estimate of drug-likeness (QED) is 0.865. The van der Waals surface area contributed by atoms with Crippen LogP contribution in [0.2, 0.25) is 0 Å². The van der Waals surface area contributed by atoms with Crippen LogP contribution in [0.3, 0.4) is 0 Å². The van der Waals surface area contributed by atoms with E-state index < -0.39 is 18.1 Å². The summed E-state index contributed by atoms with van der Waals surface area (Å²) in [6.07, 6.45) is -2.16. The van der Waals surface area contributed by atoms with Crippen molar-refractivity contribution in [1.82, 2.24) is 0 Å². The third-order valence-corrected chi connectivity index (χ3v) is 2.35. The average Bonchev–Trinajstić information content (AvgIpc) is 2.99. The summed E-state index contributed by atoms with van der Waals surface area (Å²) in [4.78, 5) is 0. The average molecular weight is 244 g/mol. The molecule has 2 N–H and O–H groups in total. The van der Waals surface area contributed by atoms with E-state index in [4.69, 9.17) is 0 Å². The molecule has 2 atom stereocenters. The van der Waals surface area contributed by atoms with Crippen molar-refractivity contribution in [3.63, 3.8) is 0 Å². The van der Waals surface area contributed by atoms with Crippen molar-refractivity contribution in [2.75, 3.05) is 0 Å². The number of aliphatic hydroxyl groups excluding tert-OH is 2. The highest BCUT2D eigenvalue weighted by molar-refractivity contribution is 5.12. The van der Waals surface area contributed by atoms with Crippen LogP contribution in [-0.4, -0.2) is 16.1 Å². The summed E-state index contributed by atoms with van der Waals surface area (Å²) in [7, 11) is 0. The highest BCUT2D eigenvalue weighted by Crippen LogP contribution is 2.41. The van der Waals surface area contributed by atoms with Crippen LogP contribution in [0, 0.1) is 0 Å². The molecule has 0 radical (unpaired) electrons.